The van der Waals surface area contributed by atoms with Crippen molar-refractivity contribution in [3.63, 3.8) is 0 Å². The maximum Gasteiger partial charge on any atom is 0.120 e. The summed E-state index contributed by atoms with van der Waals surface area (Å²) < 4.78 is 2.25. The molecule has 0 amide bonds. The van der Waals surface area contributed by atoms with Gasteiger partial charge in [0.15, 0.2) is 0 Å². The van der Waals surface area contributed by atoms with E-state index in [0.29, 0.717) is 12.3 Å². The molecule has 84 valence electrons. The van der Waals surface area contributed by atoms with Crippen molar-refractivity contribution in [1.82, 2.24) is 4.57 Å². The van der Waals surface area contributed by atoms with Crippen LogP contribution in [0.3, 0.4) is 0 Å². The van der Waals surface area contributed by atoms with Gasteiger partial charge in [0.05, 0.1) is 5.52 Å². The van der Waals surface area contributed by atoms with Gasteiger partial charge < -0.3 is 9.36 Å². The van der Waals surface area contributed by atoms with Gasteiger partial charge in [-0.1, -0.05) is 25.1 Å². The van der Waals surface area contributed by atoms with Gasteiger partial charge in [-0.05, 0) is 29.9 Å². The van der Waals surface area contributed by atoms with Gasteiger partial charge in [-0.2, -0.15) is 0 Å². The Balaban J connectivity index is 2.34. The first-order valence-electron chi connectivity index (χ1n) is 5.70. The molecule has 1 aromatic carbocycles. The average molecular weight is 215 g/mol. The van der Waals surface area contributed by atoms with Crippen LogP contribution in [-0.4, -0.2) is 10.9 Å². The van der Waals surface area contributed by atoms with Crippen LogP contribution in [0.5, 0.6) is 0 Å². The number of rotatable bonds is 4. The van der Waals surface area contributed by atoms with Gasteiger partial charge in [0.1, 0.15) is 6.29 Å². The van der Waals surface area contributed by atoms with Crippen molar-refractivity contribution in [2.45, 2.75) is 26.8 Å². The minimum atomic E-state index is 0.396. The molecule has 2 nitrogen and oxygen atoms in total. The second-order valence-corrected chi connectivity index (χ2v) is 4.49. The molecule has 0 fully saturated rings. The normalized spacial score (nSPS) is 12.9. The fourth-order valence-electron chi connectivity index (χ4n) is 2.18. The highest BCUT2D eigenvalue weighted by molar-refractivity contribution is 5.83. The first-order chi connectivity index (χ1) is 7.72. The van der Waals surface area contributed by atoms with Crippen LogP contribution in [0.4, 0.5) is 0 Å². The van der Waals surface area contributed by atoms with Gasteiger partial charge >= 0.3 is 0 Å². The van der Waals surface area contributed by atoms with E-state index in [1.165, 1.54) is 16.5 Å². The number of carbonyl (C=O) groups excluding carboxylic acids is 1. The van der Waals surface area contributed by atoms with Crippen molar-refractivity contribution >= 4 is 17.2 Å². The van der Waals surface area contributed by atoms with Gasteiger partial charge in [0, 0.05) is 19.2 Å². The monoisotopic (exact) mass is 215 g/mol. The Morgan fingerprint density at radius 3 is 2.94 bits per heavy atom. The van der Waals surface area contributed by atoms with Crippen molar-refractivity contribution in [1.29, 1.82) is 0 Å². The number of aryl methyl sites for hydroxylation is 1. The summed E-state index contributed by atoms with van der Waals surface area (Å²) in [6.07, 6.45) is 3.74. The van der Waals surface area contributed by atoms with E-state index < -0.39 is 0 Å². The number of para-hydroxylation sites is 1. The molecule has 2 heteroatoms. The van der Waals surface area contributed by atoms with E-state index in [9.17, 15) is 4.79 Å². The van der Waals surface area contributed by atoms with Gasteiger partial charge in [0.25, 0.3) is 0 Å². The second kappa shape index (κ2) is 4.52. The molecule has 1 aromatic heterocycles. The maximum atomic E-state index is 10.5. The van der Waals surface area contributed by atoms with Crippen LogP contribution < -0.4 is 0 Å². The lowest BCUT2D eigenvalue weighted by Crippen LogP contribution is -2.07. The van der Waals surface area contributed by atoms with E-state index in [1.54, 1.807) is 0 Å². The summed E-state index contributed by atoms with van der Waals surface area (Å²) in [5, 5.41) is 1.28. The summed E-state index contributed by atoms with van der Waals surface area (Å²) in [5.74, 6) is 0.396. The Kier molecular flexibility index (Phi) is 3.09. The quantitative estimate of drug-likeness (QED) is 0.718. The molecule has 16 heavy (non-hydrogen) atoms. The number of benzene rings is 1. The summed E-state index contributed by atoms with van der Waals surface area (Å²) in [5.41, 5.74) is 2.58. The van der Waals surface area contributed by atoms with E-state index in [2.05, 4.69) is 48.9 Å². The summed E-state index contributed by atoms with van der Waals surface area (Å²) in [6, 6.07) is 8.47. The van der Waals surface area contributed by atoms with Crippen LogP contribution in [-0.2, 0) is 11.3 Å². The Morgan fingerprint density at radius 1 is 1.38 bits per heavy atom. The van der Waals surface area contributed by atoms with Crippen LogP contribution >= 0.6 is 0 Å². The summed E-state index contributed by atoms with van der Waals surface area (Å²) in [6.45, 7) is 5.15. The lowest BCUT2D eigenvalue weighted by Gasteiger charge is -2.11. The predicted molar refractivity (Wildman–Crippen MR) is 66.5 cm³/mol. The molecule has 0 spiro atoms. The van der Waals surface area contributed by atoms with Crippen molar-refractivity contribution < 1.29 is 4.79 Å². The van der Waals surface area contributed by atoms with Crippen molar-refractivity contribution in [2.24, 2.45) is 5.92 Å². The highest BCUT2D eigenvalue weighted by Crippen LogP contribution is 2.21. The Morgan fingerprint density at radius 2 is 2.19 bits per heavy atom. The number of aromatic nitrogens is 1. The zero-order valence-electron chi connectivity index (χ0n) is 9.81. The van der Waals surface area contributed by atoms with Crippen LogP contribution in [0, 0.1) is 12.8 Å². The molecular formula is C14H17NO. The number of hydrogen-bond acceptors (Lipinski definition) is 1. The lowest BCUT2D eigenvalue weighted by molar-refractivity contribution is -0.108. The van der Waals surface area contributed by atoms with E-state index in [1.807, 2.05) is 0 Å². The fourth-order valence-corrected chi connectivity index (χ4v) is 2.18. The molecule has 0 aliphatic carbocycles. The molecule has 2 aromatic rings. The highest BCUT2D eigenvalue weighted by atomic mass is 16.1. The zero-order valence-corrected chi connectivity index (χ0v) is 9.81. The van der Waals surface area contributed by atoms with Crippen LogP contribution in [0.15, 0.2) is 30.5 Å². The molecule has 0 N–H and O–H groups in total. The third-order valence-corrected chi connectivity index (χ3v) is 3.00. The molecule has 0 saturated heterocycles. The molecule has 1 heterocycles. The molecule has 2 rings (SSSR count). The Labute approximate surface area is 95.9 Å². The van der Waals surface area contributed by atoms with Gasteiger partial charge in [-0.25, -0.2) is 0 Å². The number of fused-ring (bicyclic) bond motifs is 1. The molecule has 0 aliphatic heterocycles. The second-order valence-electron chi connectivity index (χ2n) is 4.49. The standard InChI is InChI=1S/C14H17NO/c1-11(7-9-16)10-15-8-6-13-5-3-4-12(2)14(13)15/h3-6,8-9,11H,7,10H2,1-2H3. The molecule has 1 unspecified atom stereocenters. The van der Waals surface area contributed by atoms with E-state index in [0.717, 1.165) is 12.8 Å². The minimum absolute atomic E-state index is 0.396. The summed E-state index contributed by atoms with van der Waals surface area (Å²) in [4.78, 5) is 10.5. The van der Waals surface area contributed by atoms with Crippen LogP contribution in [0.25, 0.3) is 10.9 Å². The van der Waals surface area contributed by atoms with E-state index in [4.69, 9.17) is 0 Å². The minimum Gasteiger partial charge on any atom is -0.347 e. The van der Waals surface area contributed by atoms with Crippen molar-refractivity contribution in [3.8, 4) is 0 Å². The maximum absolute atomic E-state index is 10.5. The molecule has 0 aliphatic rings. The molecular weight excluding hydrogens is 198 g/mol. The number of hydrogen-bond donors (Lipinski definition) is 0. The van der Waals surface area contributed by atoms with E-state index >= 15 is 0 Å². The molecule has 1 atom stereocenters. The SMILES string of the molecule is Cc1cccc2ccn(CC(C)CC=O)c12. The highest BCUT2D eigenvalue weighted by Gasteiger charge is 2.07. The van der Waals surface area contributed by atoms with Gasteiger partial charge in [-0.3, -0.25) is 0 Å². The zero-order chi connectivity index (χ0) is 11.5. The third kappa shape index (κ3) is 2.01. The third-order valence-electron chi connectivity index (χ3n) is 3.00. The molecule has 0 saturated carbocycles. The Hall–Kier alpha value is -1.57. The number of nitrogens with zero attached hydrogens (tertiary/aromatic N) is 1. The van der Waals surface area contributed by atoms with Crippen molar-refractivity contribution in [3.05, 3.63) is 36.0 Å². The Bertz CT molecular complexity index is 498. The number of aldehydes is 1. The average Bonchev–Trinajstić information content (AvgIpc) is 2.63. The van der Waals surface area contributed by atoms with Crippen LogP contribution in [0.2, 0.25) is 0 Å². The summed E-state index contributed by atoms with van der Waals surface area (Å²) in [7, 11) is 0. The first-order valence-corrected chi connectivity index (χ1v) is 5.70. The first kappa shape index (κ1) is 10.9. The molecule has 0 radical (unpaired) electrons. The lowest BCUT2D eigenvalue weighted by atomic mass is 10.1. The van der Waals surface area contributed by atoms with Crippen LogP contribution in [0.1, 0.15) is 18.9 Å². The van der Waals surface area contributed by atoms with E-state index in [-0.39, 0.29) is 0 Å². The predicted octanol–water partition coefficient (Wildman–Crippen LogP) is 3.17. The largest absolute Gasteiger partial charge is 0.347 e. The topological polar surface area (TPSA) is 22.0 Å². The van der Waals surface area contributed by atoms with Crippen molar-refractivity contribution in [2.75, 3.05) is 0 Å². The van der Waals surface area contributed by atoms with Gasteiger partial charge in [-0.15, -0.1) is 0 Å². The summed E-state index contributed by atoms with van der Waals surface area (Å²) >= 11 is 0. The fraction of sp³-hybridized carbons (Fsp3) is 0.357. The molecule has 0 bridgehead atoms. The number of carbonyl (C=O) groups is 1. The smallest absolute Gasteiger partial charge is 0.120 e. The van der Waals surface area contributed by atoms with Gasteiger partial charge in [0.2, 0.25) is 0 Å².